The minimum absolute atomic E-state index is 0.0178. The molecular weight excluding hydrogens is 861 g/mol. The molecular formula is C68H42N2O. The highest BCUT2D eigenvalue weighted by atomic mass is 16.1. The number of hydrogen-bond donors (Lipinski definition) is 0. The van der Waals surface area contributed by atoms with Crippen LogP contribution in [-0.2, 0) is 6.54 Å². The molecule has 2 aliphatic rings. The average Bonchev–Trinajstić information content (AvgIpc) is 3.48. The largest absolute Gasteiger partial charge is 0.288 e. The van der Waals surface area contributed by atoms with Gasteiger partial charge in [0.15, 0.2) is 0 Å². The third kappa shape index (κ3) is 5.38. The summed E-state index contributed by atoms with van der Waals surface area (Å²) in [4.78, 5) is 20.9. The van der Waals surface area contributed by atoms with E-state index >= 15 is 4.79 Å². The summed E-state index contributed by atoms with van der Waals surface area (Å²) in [7, 11) is 0. The Balaban J connectivity index is 0.935. The van der Waals surface area contributed by atoms with Gasteiger partial charge in [-0.15, -0.1) is 0 Å². The monoisotopic (exact) mass is 902 g/mol. The maximum absolute atomic E-state index is 15.3. The number of rotatable bonds is 3. The molecule has 1 aliphatic heterocycles. The molecule has 3 heteroatoms. The summed E-state index contributed by atoms with van der Waals surface area (Å²) in [5.41, 5.74) is 7.88. The molecule has 16 rings (SSSR count). The normalized spacial score (nSPS) is 18.3. The first-order valence-corrected chi connectivity index (χ1v) is 24.8. The quantitative estimate of drug-likeness (QED) is 0.163. The number of nitrogens with zero attached hydrogens (tertiary/aromatic N) is 2. The van der Waals surface area contributed by atoms with Crippen LogP contribution in [0.1, 0.15) is 24.0 Å². The summed E-state index contributed by atoms with van der Waals surface area (Å²) in [6, 6.07) is 66.7. The highest BCUT2D eigenvalue weighted by Gasteiger charge is 2.28. The van der Waals surface area contributed by atoms with Crippen molar-refractivity contribution in [1.82, 2.24) is 4.57 Å². The highest BCUT2D eigenvalue weighted by Crippen LogP contribution is 2.44. The SMILES string of the molecule is C=C1/N=c2/c3ccc(-c4cc5ccc6cccc7ccc(c4)c5c67)c4cccc(c(=O)n2C/C=C(C2C=c5ccc6cccc7ccc(c5c76)C2C)\C=C/1c1cc2ccc5cccc6ccc(c1)c2c56)c43. The first-order chi connectivity index (χ1) is 34.9. The second kappa shape index (κ2) is 14.1. The predicted molar refractivity (Wildman–Crippen MR) is 300 cm³/mol. The summed E-state index contributed by atoms with van der Waals surface area (Å²) in [6.45, 7) is 7.54. The van der Waals surface area contributed by atoms with Crippen molar-refractivity contribution in [3.63, 3.8) is 0 Å². The fraction of sp³-hybridized carbons (Fsp3) is 0.0588. The van der Waals surface area contributed by atoms with E-state index in [4.69, 9.17) is 11.6 Å². The van der Waals surface area contributed by atoms with Crippen molar-refractivity contribution in [3.8, 4) is 11.1 Å². The summed E-state index contributed by atoms with van der Waals surface area (Å²) in [5.74, 6) is 0.177. The van der Waals surface area contributed by atoms with Gasteiger partial charge in [-0.25, -0.2) is 4.99 Å². The van der Waals surface area contributed by atoms with Gasteiger partial charge in [-0.2, -0.15) is 0 Å². The third-order valence-corrected chi connectivity index (χ3v) is 16.5. The lowest BCUT2D eigenvalue weighted by Gasteiger charge is -2.29. The molecule has 0 radical (unpaired) electrons. The van der Waals surface area contributed by atoms with E-state index in [-0.39, 0.29) is 17.4 Å². The van der Waals surface area contributed by atoms with Crippen molar-refractivity contribution >= 4 is 119 Å². The molecule has 2 unspecified atom stereocenters. The van der Waals surface area contributed by atoms with Gasteiger partial charge in [-0.05, 0) is 173 Å². The Bertz CT molecular complexity index is 4830. The minimum atomic E-state index is -0.0565. The molecule has 1 aliphatic carbocycles. The van der Waals surface area contributed by atoms with Crippen molar-refractivity contribution in [1.29, 1.82) is 0 Å². The van der Waals surface area contributed by atoms with Gasteiger partial charge in [0.25, 0.3) is 5.56 Å². The first-order valence-electron chi connectivity index (χ1n) is 24.8. The fourth-order valence-corrected chi connectivity index (χ4v) is 13.3. The molecule has 3 nitrogen and oxygen atoms in total. The number of benzene rings is 13. The molecule has 0 bridgehead atoms. The lowest BCUT2D eigenvalue weighted by molar-refractivity contribution is 0.644. The van der Waals surface area contributed by atoms with Crippen molar-refractivity contribution in [2.45, 2.75) is 19.4 Å². The van der Waals surface area contributed by atoms with Crippen molar-refractivity contribution in [2.75, 3.05) is 0 Å². The second-order valence-corrected chi connectivity index (χ2v) is 20.2. The van der Waals surface area contributed by atoms with Crippen LogP contribution in [0.25, 0.3) is 131 Å². The van der Waals surface area contributed by atoms with Crippen molar-refractivity contribution in [2.24, 2.45) is 10.9 Å². The van der Waals surface area contributed by atoms with Crippen LogP contribution in [0.5, 0.6) is 0 Å². The summed E-state index contributed by atoms with van der Waals surface area (Å²) in [6.07, 6.45) is 7.10. The standard InChI is InChI=1S/C68H42N2O/c1-37-53-26-25-44-12-5-11-43-19-24-50(65(53)62(43)44)36-58(37)45-29-30-70-67(69-38(2)59(35-45)52-33-48-22-17-41-9-4-10-42-18-23-49(34-52)64(48)61(41)42)56-28-27-54(55-13-6-14-57(66(55)56)68(70)71)51-31-46-20-15-39-7-3-8-40-16-21-47(32-51)63(46)60(39)40/h3-29,31-37,58H,2,30H2,1H3/b45-29+,59-35+,69-67-. The zero-order valence-corrected chi connectivity index (χ0v) is 38.9. The van der Waals surface area contributed by atoms with Crippen molar-refractivity contribution in [3.05, 3.63) is 244 Å². The van der Waals surface area contributed by atoms with Crippen LogP contribution in [0.3, 0.4) is 0 Å². The van der Waals surface area contributed by atoms with E-state index in [1.54, 1.807) is 0 Å². The molecule has 71 heavy (non-hydrogen) atoms. The average molecular weight is 903 g/mol. The van der Waals surface area contributed by atoms with E-state index in [1.807, 2.05) is 16.7 Å². The Morgan fingerprint density at radius 3 is 1.59 bits per heavy atom. The minimum Gasteiger partial charge on any atom is -0.288 e. The second-order valence-electron chi connectivity index (χ2n) is 20.2. The summed E-state index contributed by atoms with van der Waals surface area (Å²) in [5, 5.41) is 25.0. The smallest absolute Gasteiger partial charge is 0.260 e. The maximum Gasteiger partial charge on any atom is 0.260 e. The van der Waals surface area contributed by atoms with Crippen LogP contribution in [0, 0.1) is 5.92 Å². The van der Waals surface area contributed by atoms with Crippen LogP contribution in [0.2, 0.25) is 0 Å². The van der Waals surface area contributed by atoms with Gasteiger partial charge < -0.3 is 0 Å². The van der Waals surface area contributed by atoms with Gasteiger partial charge in [0.05, 0.1) is 5.70 Å². The Morgan fingerprint density at radius 1 is 0.493 bits per heavy atom. The number of aromatic nitrogens is 1. The molecule has 0 spiro atoms. The molecule has 330 valence electrons. The molecule has 0 fully saturated rings. The molecule has 13 aromatic carbocycles. The van der Waals surface area contributed by atoms with E-state index in [0.717, 1.165) is 44.0 Å². The van der Waals surface area contributed by atoms with Crippen molar-refractivity contribution < 1.29 is 0 Å². The fourth-order valence-electron chi connectivity index (χ4n) is 13.3. The van der Waals surface area contributed by atoms with Gasteiger partial charge in [-0.1, -0.05) is 171 Å². The van der Waals surface area contributed by atoms with Crippen LogP contribution < -0.4 is 16.3 Å². The lowest BCUT2D eigenvalue weighted by atomic mass is 9.74. The van der Waals surface area contributed by atoms with E-state index in [0.29, 0.717) is 23.1 Å². The maximum atomic E-state index is 15.3. The Labute approximate surface area is 407 Å². The Morgan fingerprint density at radius 2 is 0.986 bits per heavy atom. The number of hydrogen-bond acceptors (Lipinski definition) is 2. The molecule has 2 heterocycles. The zero-order chi connectivity index (χ0) is 46.8. The topological polar surface area (TPSA) is 34.4 Å². The third-order valence-electron chi connectivity index (χ3n) is 16.5. The van der Waals surface area contributed by atoms with E-state index in [1.165, 1.54) is 97.0 Å². The first kappa shape index (κ1) is 39.0. The predicted octanol–water partition coefficient (Wildman–Crippen LogP) is 15.7. The Kier molecular flexibility index (Phi) is 7.74. The molecule has 0 saturated carbocycles. The van der Waals surface area contributed by atoms with Crippen LogP contribution in [-0.4, -0.2) is 4.57 Å². The summed E-state index contributed by atoms with van der Waals surface area (Å²) >= 11 is 0. The molecule has 0 saturated heterocycles. The van der Waals surface area contributed by atoms with E-state index in [2.05, 4.69) is 195 Å². The zero-order valence-electron chi connectivity index (χ0n) is 38.9. The Hall–Kier alpha value is -8.92. The highest BCUT2D eigenvalue weighted by molar-refractivity contribution is 6.26. The van der Waals surface area contributed by atoms with Gasteiger partial charge in [0.1, 0.15) is 5.49 Å². The lowest BCUT2D eigenvalue weighted by Crippen LogP contribution is -2.34. The van der Waals surface area contributed by atoms with Gasteiger partial charge in [0, 0.05) is 34.2 Å². The molecule has 0 amide bonds. The van der Waals surface area contributed by atoms with Crippen LogP contribution >= 0.6 is 0 Å². The van der Waals surface area contributed by atoms with Crippen LogP contribution in [0.15, 0.2) is 222 Å². The molecule has 2 atom stereocenters. The van der Waals surface area contributed by atoms with E-state index in [9.17, 15) is 0 Å². The summed E-state index contributed by atoms with van der Waals surface area (Å²) < 4.78 is 1.89. The number of fused-ring (bicyclic) bond motifs is 2. The molecule has 1 aromatic heterocycles. The van der Waals surface area contributed by atoms with Gasteiger partial charge in [0.2, 0.25) is 0 Å². The van der Waals surface area contributed by atoms with Crippen LogP contribution in [0.4, 0.5) is 0 Å². The molecule has 14 aromatic rings. The van der Waals surface area contributed by atoms with E-state index < -0.39 is 0 Å². The number of allylic oxidation sites excluding steroid dienone is 4. The molecule has 0 N–H and O–H groups in total. The number of pyridine rings is 1. The van der Waals surface area contributed by atoms with Gasteiger partial charge >= 0.3 is 0 Å². The van der Waals surface area contributed by atoms with Gasteiger partial charge in [-0.3, -0.25) is 9.36 Å².